The van der Waals surface area contributed by atoms with Crippen LogP contribution in [0.15, 0.2) is 66.9 Å². The zero-order valence-electron chi connectivity index (χ0n) is 20.7. The molecule has 1 aromatic heterocycles. The molecule has 4 rings (SSSR count). The Bertz CT molecular complexity index is 1260. The van der Waals surface area contributed by atoms with Crippen LogP contribution in [-0.2, 0) is 10.7 Å². The molecule has 7 nitrogen and oxygen atoms in total. The molecule has 0 saturated carbocycles. The molecular weight excluding hydrogens is 481 g/mol. The Hall–Kier alpha value is -3.92. The minimum Gasteiger partial charge on any atom is -0.369 e. The molecule has 2 N–H and O–H groups in total. The SMILES string of the molecule is CC=CC(=O)Nc1cccc(C(F)(F)c2nc(Nc3ccc(N4CCN(CC)CC4)cc3)ncc2F)c1. The summed E-state index contributed by atoms with van der Waals surface area (Å²) < 4.78 is 45.2. The standard InChI is InChI=1S/C27H29F3N6O/c1-3-6-24(37)32-21-8-5-7-19(17-21)27(29,30)25-23(28)18-31-26(34-25)33-20-9-11-22(12-10-20)36-15-13-35(4-2)14-16-36/h3,5-12,17-18H,4,13-16H2,1-2H3,(H,32,37)(H,31,33,34). The van der Waals surface area contributed by atoms with E-state index in [1.54, 1.807) is 6.92 Å². The van der Waals surface area contributed by atoms with E-state index in [9.17, 15) is 9.18 Å². The van der Waals surface area contributed by atoms with Gasteiger partial charge in [-0.25, -0.2) is 14.4 Å². The lowest BCUT2D eigenvalue weighted by Gasteiger charge is -2.35. The molecule has 2 aromatic carbocycles. The smallest absolute Gasteiger partial charge is 0.318 e. The second-order valence-corrected chi connectivity index (χ2v) is 8.63. The van der Waals surface area contributed by atoms with Crippen molar-refractivity contribution in [1.82, 2.24) is 14.9 Å². The number of halogens is 3. The van der Waals surface area contributed by atoms with E-state index in [-0.39, 0.29) is 11.6 Å². The number of hydrogen-bond acceptors (Lipinski definition) is 6. The van der Waals surface area contributed by atoms with Crippen LogP contribution in [0.25, 0.3) is 0 Å². The van der Waals surface area contributed by atoms with Gasteiger partial charge in [-0.15, -0.1) is 0 Å². The highest BCUT2D eigenvalue weighted by atomic mass is 19.3. The third kappa shape index (κ3) is 6.26. The molecule has 0 bridgehead atoms. The Morgan fingerprint density at radius 1 is 1.08 bits per heavy atom. The van der Waals surface area contributed by atoms with Gasteiger partial charge in [-0.05, 0) is 55.9 Å². The molecule has 1 amide bonds. The van der Waals surface area contributed by atoms with Crippen LogP contribution in [0.2, 0.25) is 0 Å². The van der Waals surface area contributed by atoms with Gasteiger partial charge in [-0.1, -0.05) is 25.1 Å². The Morgan fingerprint density at radius 3 is 2.49 bits per heavy atom. The molecule has 1 saturated heterocycles. The normalized spacial score (nSPS) is 14.7. The number of carbonyl (C=O) groups is 1. The van der Waals surface area contributed by atoms with Crippen LogP contribution in [0, 0.1) is 5.82 Å². The van der Waals surface area contributed by atoms with Crippen molar-refractivity contribution in [3.05, 3.63) is 84.0 Å². The number of likely N-dealkylation sites (N-methyl/N-ethyl adjacent to an activating group) is 1. The maximum Gasteiger partial charge on any atom is 0.318 e. The highest BCUT2D eigenvalue weighted by Gasteiger charge is 2.39. The summed E-state index contributed by atoms with van der Waals surface area (Å²) in [6.45, 7) is 8.72. The maximum atomic E-state index is 15.4. The lowest BCUT2D eigenvalue weighted by molar-refractivity contribution is -0.111. The first kappa shape index (κ1) is 26.2. The fourth-order valence-corrected chi connectivity index (χ4v) is 4.12. The van der Waals surface area contributed by atoms with Gasteiger partial charge in [0.1, 0.15) is 0 Å². The van der Waals surface area contributed by atoms with Crippen LogP contribution in [0.3, 0.4) is 0 Å². The van der Waals surface area contributed by atoms with Gasteiger partial charge in [0.25, 0.3) is 0 Å². The number of allylic oxidation sites excluding steroid dienone is 1. The van der Waals surface area contributed by atoms with Gasteiger partial charge in [0.05, 0.1) is 6.20 Å². The van der Waals surface area contributed by atoms with Gasteiger partial charge in [0, 0.05) is 48.8 Å². The minimum absolute atomic E-state index is 0.155. The number of amides is 1. The molecule has 1 fully saturated rings. The summed E-state index contributed by atoms with van der Waals surface area (Å²) in [6, 6.07) is 12.6. The molecule has 3 aromatic rings. The first-order valence-electron chi connectivity index (χ1n) is 12.1. The van der Waals surface area contributed by atoms with E-state index in [0.29, 0.717) is 5.69 Å². The van der Waals surface area contributed by atoms with Crippen molar-refractivity contribution < 1.29 is 18.0 Å². The van der Waals surface area contributed by atoms with Gasteiger partial charge in [-0.2, -0.15) is 8.78 Å². The van der Waals surface area contributed by atoms with Gasteiger partial charge in [0.15, 0.2) is 11.5 Å². The number of piperazine rings is 1. The fourth-order valence-electron chi connectivity index (χ4n) is 4.12. The fraction of sp³-hybridized carbons (Fsp3) is 0.296. The molecule has 37 heavy (non-hydrogen) atoms. The second-order valence-electron chi connectivity index (χ2n) is 8.63. The third-order valence-corrected chi connectivity index (χ3v) is 6.16. The van der Waals surface area contributed by atoms with Crippen LogP contribution >= 0.6 is 0 Å². The van der Waals surface area contributed by atoms with Crippen molar-refractivity contribution in [2.75, 3.05) is 48.3 Å². The van der Waals surface area contributed by atoms with Crippen molar-refractivity contribution in [2.24, 2.45) is 0 Å². The van der Waals surface area contributed by atoms with Crippen LogP contribution < -0.4 is 15.5 Å². The molecule has 0 spiro atoms. The predicted molar refractivity (Wildman–Crippen MR) is 139 cm³/mol. The summed E-state index contributed by atoms with van der Waals surface area (Å²) in [7, 11) is 0. The largest absolute Gasteiger partial charge is 0.369 e. The second kappa shape index (κ2) is 11.4. The Morgan fingerprint density at radius 2 is 1.81 bits per heavy atom. The maximum absolute atomic E-state index is 15.4. The highest BCUT2D eigenvalue weighted by Crippen LogP contribution is 2.37. The average Bonchev–Trinajstić information content (AvgIpc) is 2.90. The Balaban J connectivity index is 1.50. The number of anilines is 4. The number of nitrogens with one attached hydrogen (secondary N) is 2. The summed E-state index contributed by atoms with van der Waals surface area (Å²) in [5, 5.41) is 5.37. The third-order valence-electron chi connectivity index (χ3n) is 6.16. The van der Waals surface area contributed by atoms with E-state index in [2.05, 4.69) is 37.3 Å². The molecule has 10 heteroatoms. The van der Waals surface area contributed by atoms with Crippen molar-refractivity contribution in [1.29, 1.82) is 0 Å². The van der Waals surface area contributed by atoms with Crippen LogP contribution in [-0.4, -0.2) is 53.5 Å². The van der Waals surface area contributed by atoms with Crippen molar-refractivity contribution in [3.63, 3.8) is 0 Å². The van der Waals surface area contributed by atoms with Crippen LogP contribution in [0.1, 0.15) is 25.1 Å². The van der Waals surface area contributed by atoms with Crippen molar-refractivity contribution >= 4 is 28.9 Å². The molecule has 1 aliphatic heterocycles. The first-order valence-corrected chi connectivity index (χ1v) is 12.1. The van der Waals surface area contributed by atoms with Gasteiger partial charge in [0.2, 0.25) is 11.9 Å². The van der Waals surface area contributed by atoms with Gasteiger partial charge < -0.3 is 20.4 Å². The van der Waals surface area contributed by atoms with E-state index in [0.717, 1.165) is 56.7 Å². The number of carbonyl (C=O) groups excluding carboxylic acids is 1. The Kier molecular flexibility index (Phi) is 8.08. The van der Waals surface area contributed by atoms with Gasteiger partial charge in [-0.3, -0.25) is 4.79 Å². The summed E-state index contributed by atoms with van der Waals surface area (Å²) >= 11 is 0. The minimum atomic E-state index is -3.77. The summed E-state index contributed by atoms with van der Waals surface area (Å²) in [5.74, 6) is -5.62. The number of aromatic nitrogens is 2. The van der Waals surface area contributed by atoms with E-state index in [4.69, 9.17) is 0 Å². The van der Waals surface area contributed by atoms with E-state index in [1.807, 2.05) is 24.3 Å². The monoisotopic (exact) mass is 510 g/mol. The number of nitrogens with zero attached hydrogens (tertiary/aromatic N) is 4. The quantitative estimate of drug-likeness (QED) is 0.408. The topological polar surface area (TPSA) is 73.4 Å². The first-order chi connectivity index (χ1) is 17.8. The molecular formula is C27H29F3N6O. The average molecular weight is 511 g/mol. The number of benzene rings is 2. The van der Waals surface area contributed by atoms with Gasteiger partial charge >= 0.3 is 5.92 Å². The van der Waals surface area contributed by atoms with Crippen LogP contribution in [0.5, 0.6) is 0 Å². The number of hydrogen-bond donors (Lipinski definition) is 2. The van der Waals surface area contributed by atoms with E-state index in [1.165, 1.54) is 24.3 Å². The van der Waals surface area contributed by atoms with Crippen molar-refractivity contribution in [2.45, 2.75) is 19.8 Å². The molecule has 0 aliphatic carbocycles. The summed E-state index contributed by atoms with van der Waals surface area (Å²) in [5.41, 5.74) is 0.235. The Labute approximate surface area is 214 Å². The highest BCUT2D eigenvalue weighted by molar-refractivity contribution is 5.99. The molecule has 1 aliphatic rings. The number of alkyl halides is 2. The molecule has 0 atom stereocenters. The zero-order chi connectivity index (χ0) is 26.4. The molecule has 2 heterocycles. The summed E-state index contributed by atoms with van der Waals surface area (Å²) in [4.78, 5) is 24.1. The molecule has 0 radical (unpaired) electrons. The molecule has 0 unspecified atom stereocenters. The van der Waals surface area contributed by atoms with Crippen LogP contribution in [0.4, 0.5) is 36.2 Å². The molecule has 194 valence electrons. The van der Waals surface area contributed by atoms with E-state index < -0.39 is 28.9 Å². The van der Waals surface area contributed by atoms with Crippen molar-refractivity contribution in [3.8, 4) is 0 Å². The lowest BCUT2D eigenvalue weighted by Crippen LogP contribution is -2.46. The predicted octanol–water partition coefficient (Wildman–Crippen LogP) is 5.16. The lowest BCUT2D eigenvalue weighted by atomic mass is 10.0. The zero-order valence-corrected chi connectivity index (χ0v) is 20.7. The number of rotatable bonds is 8. The van der Waals surface area contributed by atoms with E-state index >= 15 is 8.78 Å². The summed E-state index contributed by atoms with van der Waals surface area (Å²) in [6.07, 6.45) is 3.52.